The monoisotopic (exact) mass is 398 g/mol. The van der Waals surface area contributed by atoms with Gasteiger partial charge >= 0.3 is 0 Å². The van der Waals surface area contributed by atoms with E-state index in [-0.39, 0.29) is 0 Å². The van der Waals surface area contributed by atoms with Gasteiger partial charge in [0.15, 0.2) is 5.96 Å². The number of nitrogens with one attached hydrogen (secondary N) is 2. The Labute approximate surface area is 174 Å². The van der Waals surface area contributed by atoms with Crippen molar-refractivity contribution in [3.63, 3.8) is 0 Å². The molecule has 4 nitrogen and oxygen atoms in total. The summed E-state index contributed by atoms with van der Waals surface area (Å²) >= 11 is 1.84. The van der Waals surface area contributed by atoms with E-state index in [2.05, 4.69) is 82.2 Å². The highest BCUT2D eigenvalue weighted by Gasteiger charge is 2.24. The van der Waals surface area contributed by atoms with Crippen LogP contribution in [-0.4, -0.2) is 43.6 Å². The largest absolute Gasteiger partial charge is 0.356 e. The highest BCUT2D eigenvalue weighted by Crippen LogP contribution is 2.24. The molecule has 1 aromatic heterocycles. The van der Waals surface area contributed by atoms with Crippen molar-refractivity contribution in [1.29, 1.82) is 0 Å². The SMILES string of the molecule is CN=C(NCC(C)Cc1cccs1)NC1CCN(C(C)c2ccccc2)CC1. The lowest BCUT2D eigenvalue weighted by molar-refractivity contribution is 0.158. The number of nitrogens with zero attached hydrogens (tertiary/aromatic N) is 2. The summed E-state index contributed by atoms with van der Waals surface area (Å²) in [5.74, 6) is 1.53. The number of aliphatic imine (C=N–C) groups is 1. The minimum Gasteiger partial charge on any atom is -0.356 e. The molecule has 0 bridgehead atoms. The second kappa shape index (κ2) is 10.6. The van der Waals surface area contributed by atoms with Crippen LogP contribution in [0.25, 0.3) is 0 Å². The quantitative estimate of drug-likeness (QED) is 0.539. The highest BCUT2D eigenvalue weighted by atomic mass is 32.1. The van der Waals surface area contributed by atoms with E-state index >= 15 is 0 Å². The number of rotatable bonds is 7. The highest BCUT2D eigenvalue weighted by molar-refractivity contribution is 7.09. The van der Waals surface area contributed by atoms with Gasteiger partial charge in [-0.25, -0.2) is 0 Å². The van der Waals surface area contributed by atoms with E-state index in [0.29, 0.717) is 18.0 Å². The molecule has 3 rings (SSSR count). The first-order valence-electron chi connectivity index (χ1n) is 10.4. The fourth-order valence-corrected chi connectivity index (χ4v) is 4.75. The maximum Gasteiger partial charge on any atom is 0.191 e. The Kier molecular flexibility index (Phi) is 7.92. The lowest BCUT2D eigenvalue weighted by Gasteiger charge is -2.37. The zero-order chi connectivity index (χ0) is 19.8. The Morgan fingerprint density at radius 3 is 2.54 bits per heavy atom. The molecular formula is C23H34N4S. The summed E-state index contributed by atoms with van der Waals surface area (Å²) in [5.41, 5.74) is 1.41. The molecule has 1 saturated heterocycles. The molecule has 2 unspecified atom stereocenters. The van der Waals surface area contributed by atoms with Crippen molar-refractivity contribution in [2.45, 2.75) is 45.2 Å². The molecule has 2 heterocycles. The van der Waals surface area contributed by atoms with Gasteiger partial charge in [0.2, 0.25) is 0 Å². The summed E-state index contributed by atoms with van der Waals surface area (Å²) < 4.78 is 0. The minimum absolute atomic E-state index is 0.484. The third kappa shape index (κ3) is 6.08. The van der Waals surface area contributed by atoms with E-state index in [1.807, 2.05) is 18.4 Å². The molecule has 2 atom stereocenters. The number of benzene rings is 1. The van der Waals surface area contributed by atoms with Gasteiger partial charge in [-0.3, -0.25) is 9.89 Å². The van der Waals surface area contributed by atoms with Crippen LogP contribution in [0.4, 0.5) is 0 Å². The van der Waals surface area contributed by atoms with Crippen LogP contribution in [0, 0.1) is 5.92 Å². The van der Waals surface area contributed by atoms with Gasteiger partial charge in [-0.15, -0.1) is 11.3 Å². The van der Waals surface area contributed by atoms with Crippen molar-refractivity contribution < 1.29 is 0 Å². The molecule has 1 fully saturated rings. The molecule has 1 aliphatic heterocycles. The number of guanidine groups is 1. The van der Waals surface area contributed by atoms with Crippen molar-refractivity contribution >= 4 is 17.3 Å². The number of hydrogen-bond donors (Lipinski definition) is 2. The summed E-state index contributed by atoms with van der Waals surface area (Å²) in [7, 11) is 1.87. The zero-order valence-corrected chi connectivity index (χ0v) is 18.2. The summed E-state index contributed by atoms with van der Waals surface area (Å²) in [6, 6.07) is 16.2. The van der Waals surface area contributed by atoms with E-state index in [0.717, 1.165) is 44.9 Å². The summed E-state index contributed by atoms with van der Waals surface area (Å²) in [5, 5.41) is 9.31. The van der Waals surface area contributed by atoms with Crippen molar-refractivity contribution in [1.82, 2.24) is 15.5 Å². The third-order valence-electron chi connectivity index (χ3n) is 5.67. The van der Waals surface area contributed by atoms with Gasteiger partial charge < -0.3 is 10.6 Å². The van der Waals surface area contributed by atoms with E-state index in [4.69, 9.17) is 0 Å². The van der Waals surface area contributed by atoms with E-state index in [9.17, 15) is 0 Å². The van der Waals surface area contributed by atoms with Gasteiger partial charge in [0.25, 0.3) is 0 Å². The third-order valence-corrected chi connectivity index (χ3v) is 6.57. The molecular weight excluding hydrogens is 364 g/mol. The summed E-state index contributed by atoms with van der Waals surface area (Å²) in [6.07, 6.45) is 3.43. The standard InChI is InChI=1S/C23H34N4S/c1-18(16-22-10-7-15-28-22)17-25-23(24-3)26-21-11-13-27(14-12-21)19(2)20-8-5-4-6-9-20/h4-10,15,18-19,21H,11-14,16-17H2,1-3H3,(H2,24,25,26). The maximum absolute atomic E-state index is 4.44. The van der Waals surface area contributed by atoms with Gasteiger partial charge in [-0.1, -0.05) is 43.3 Å². The van der Waals surface area contributed by atoms with Crippen LogP contribution in [-0.2, 0) is 6.42 Å². The van der Waals surface area contributed by atoms with E-state index < -0.39 is 0 Å². The predicted octanol–water partition coefficient (Wildman–Crippen LogP) is 4.32. The van der Waals surface area contributed by atoms with Crippen LogP contribution >= 0.6 is 11.3 Å². The van der Waals surface area contributed by atoms with Crippen LogP contribution in [0.1, 0.15) is 43.2 Å². The van der Waals surface area contributed by atoms with Crippen molar-refractivity contribution in [2.75, 3.05) is 26.7 Å². The zero-order valence-electron chi connectivity index (χ0n) is 17.4. The molecule has 0 radical (unpaired) electrons. The molecule has 0 amide bonds. The van der Waals surface area contributed by atoms with Crippen molar-refractivity contribution in [2.24, 2.45) is 10.9 Å². The van der Waals surface area contributed by atoms with Crippen LogP contribution in [0.5, 0.6) is 0 Å². The Bertz CT molecular complexity index is 705. The van der Waals surface area contributed by atoms with Crippen LogP contribution in [0.3, 0.4) is 0 Å². The molecule has 5 heteroatoms. The molecule has 1 aliphatic rings. The first kappa shape index (κ1) is 20.9. The van der Waals surface area contributed by atoms with Gasteiger partial charge in [-0.05, 0) is 49.1 Å². The molecule has 2 N–H and O–H groups in total. The lowest BCUT2D eigenvalue weighted by Crippen LogP contribution is -2.49. The molecule has 28 heavy (non-hydrogen) atoms. The van der Waals surface area contributed by atoms with Crippen molar-refractivity contribution in [3.05, 3.63) is 58.3 Å². The Morgan fingerprint density at radius 1 is 1.14 bits per heavy atom. The fourth-order valence-electron chi connectivity index (χ4n) is 3.88. The van der Waals surface area contributed by atoms with Gasteiger partial charge in [-0.2, -0.15) is 0 Å². The summed E-state index contributed by atoms with van der Waals surface area (Å²) in [6.45, 7) is 7.81. The van der Waals surface area contributed by atoms with Gasteiger partial charge in [0, 0.05) is 43.6 Å². The topological polar surface area (TPSA) is 39.7 Å². The predicted molar refractivity (Wildman–Crippen MR) is 121 cm³/mol. The fraction of sp³-hybridized carbons (Fsp3) is 0.522. The Hall–Kier alpha value is -1.85. The second-order valence-electron chi connectivity index (χ2n) is 7.88. The van der Waals surface area contributed by atoms with Crippen LogP contribution in [0.2, 0.25) is 0 Å². The van der Waals surface area contributed by atoms with Gasteiger partial charge in [0.1, 0.15) is 0 Å². The first-order chi connectivity index (χ1) is 13.7. The number of piperidine rings is 1. The Morgan fingerprint density at radius 2 is 1.89 bits per heavy atom. The smallest absolute Gasteiger partial charge is 0.191 e. The maximum atomic E-state index is 4.44. The average molecular weight is 399 g/mol. The van der Waals surface area contributed by atoms with Crippen LogP contribution < -0.4 is 10.6 Å². The average Bonchev–Trinajstić information content (AvgIpc) is 3.24. The van der Waals surface area contributed by atoms with Crippen molar-refractivity contribution in [3.8, 4) is 0 Å². The molecule has 0 spiro atoms. The molecule has 0 saturated carbocycles. The van der Waals surface area contributed by atoms with Gasteiger partial charge in [0.05, 0.1) is 0 Å². The second-order valence-corrected chi connectivity index (χ2v) is 8.92. The molecule has 2 aromatic rings. The number of likely N-dealkylation sites (tertiary alicyclic amines) is 1. The Balaban J connectivity index is 1.40. The molecule has 152 valence electrons. The lowest BCUT2D eigenvalue weighted by atomic mass is 10.0. The molecule has 0 aliphatic carbocycles. The van der Waals surface area contributed by atoms with E-state index in [1.54, 1.807) is 0 Å². The van der Waals surface area contributed by atoms with E-state index in [1.165, 1.54) is 10.4 Å². The normalized spacial score (nSPS) is 18.6. The minimum atomic E-state index is 0.484. The first-order valence-corrected chi connectivity index (χ1v) is 11.3. The summed E-state index contributed by atoms with van der Waals surface area (Å²) in [4.78, 5) is 8.48. The van der Waals surface area contributed by atoms with Crippen LogP contribution in [0.15, 0.2) is 52.8 Å². The molecule has 1 aromatic carbocycles. The number of thiophene rings is 1. The number of hydrogen-bond acceptors (Lipinski definition) is 3.